The van der Waals surface area contributed by atoms with Crippen LogP contribution in [0.15, 0.2) is 42.5 Å². The second-order valence-electron chi connectivity index (χ2n) is 5.34. The number of hydrogen-bond donors (Lipinski definition) is 1. The van der Waals surface area contributed by atoms with Gasteiger partial charge in [0.2, 0.25) is 0 Å². The molecule has 3 nitrogen and oxygen atoms in total. The lowest BCUT2D eigenvalue weighted by molar-refractivity contribution is 0.145. The normalized spacial score (nSPS) is 18.0. The van der Waals surface area contributed by atoms with Crippen LogP contribution >= 0.6 is 0 Å². The molecule has 0 aliphatic carbocycles. The van der Waals surface area contributed by atoms with Crippen LogP contribution in [0, 0.1) is 5.82 Å². The highest BCUT2D eigenvalue weighted by atomic mass is 19.1. The number of benzene rings is 2. The Morgan fingerprint density at radius 1 is 1.33 bits per heavy atom. The van der Waals surface area contributed by atoms with Gasteiger partial charge in [0, 0.05) is 12.5 Å². The van der Waals surface area contributed by atoms with Crippen LogP contribution in [0.2, 0.25) is 0 Å². The fourth-order valence-corrected chi connectivity index (χ4v) is 2.45. The van der Waals surface area contributed by atoms with E-state index in [1.165, 1.54) is 11.6 Å². The first kappa shape index (κ1) is 13.9. The van der Waals surface area contributed by atoms with E-state index in [0.717, 1.165) is 17.7 Å². The molecule has 2 aromatic rings. The van der Waals surface area contributed by atoms with Crippen molar-refractivity contribution >= 4 is 0 Å². The number of rotatable bonds is 4. The molecule has 0 saturated heterocycles. The summed E-state index contributed by atoms with van der Waals surface area (Å²) in [6, 6.07) is 12.5. The summed E-state index contributed by atoms with van der Waals surface area (Å²) < 4.78 is 25.2. The molecule has 0 fully saturated rings. The highest BCUT2D eigenvalue weighted by Gasteiger charge is 2.23. The van der Waals surface area contributed by atoms with Gasteiger partial charge in [-0.2, -0.15) is 0 Å². The molecule has 110 valence electrons. The molecule has 4 heteroatoms. The summed E-state index contributed by atoms with van der Waals surface area (Å²) in [5.74, 6) is 0.734. The van der Waals surface area contributed by atoms with Crippen LogP contribution < -0.4 is 15.2 Å². The Bertz CT molecular complexity index is 617. The Morgan fingerprint density at radius 2 is 2.14 bits per heavy atom. The summed E-state index contributed by atoms with van der Waals surface area (Å²) >= 11 is 0. The van der Waals surface area contributed by atoms with Crippen molar-refractivity contribution in [2.75, 3.05) is 6.61 Å². The van der Waals surface area contributed by atoms with E-state index in [4.69, 9.17) is 15.2 Å². The molecule has 1 aliphatic rings. The Labute approximate surface area is 123 Å². The molecule has 0 aromatic heterocycles. The number of hydrogen-bond acceptors (Lipinski definition) is 3. The third kappa shape index (κ3) is 3.00. The van der Waals surface area contributed by atoms with Gasteiger partial charge >= 0.3 is 0 Å². The number of nitrogens with two attached hydrogens (primary N) is 1. The van der Waals surface area contributed by atoms with Gasteiger partial charge in [0.15, 0.2) is 11.6 Å². The van der Waals surface area contributed by atoms with Gasteiger partial charge in [-0.25, -0.2) is 4.39 Å². The largest absolute Gasteiger partial charge is 0.487 e. The second-order valence-corrected chi connectivity index (χ2v) is 5.34. The standard InChI is InChI=1S/C17H18FNO2/c1-11(19)12-6-7-17(15(18)9-12)20-10-14-8-13-4-2-3-5-16(13)21-14/h2-7,9,11,14H,8,10,19H2,1H3/t11-,14?/m1/s1. The zero-order chi connectivity index (χ0) is 14.8. The average Bonchev–Trinajstić information content (AvgIpc) is 2.88. The van der Waals surface area contributed by atoms with Crippen molar-refractivity contribution in [3.8, 4) is 11.5 Å². The van der Waals surface area contributed by atoms with Crippen LogP contribution in [0.1, 0.15) is 24.1 Å². The second kappa shape index (κ2) is 5.74. The molecule has 2 atom stereocenters. The molecule has 21 heavy (non-hydrogen) atoms. The molecule has 1 unspecified atom stereocenters. The Balaban J connectivity index is 1.62. The number of fused-ring (bicyclic) bond motifs is 1. The van der Waals surface area contributed by atoms with E-state index in [0.29, 0.717) is 6.61 Å². The van der Waals surface area contributed by atoms with Crippen LogP contribution in [-0.2, 0) is 6.42 Å². The zero-order valence-electron chi connectivity index (χ0n) is 11.9. The fraction of sp³-hybridized carbons (Fsp3) is 0.294. The highest BCUT2D eigenvalue weighted by Crippen LogP contribution is 2.29. The van der Waals surface area contributed by atoms with E-state index in [1.54, 1.807) is 12.1 Å². The lowest BCUT2D eigenvalue weighted by Crippen LogP contribution is -2.22. The molecule has 3 rings (SSSR count). The number of para-hydroxylation sites is 1. The average molecular weight is 287 g/mol. The Kier molecular flexibility index (Phi) is 3.80. The maximum atomic E-state index is 13.9. The number of ether oxygens (including phenoxy) is 2. The zero-order valence-corrected chi connectivity index (χ0v) is 11.9. The molecular formula is C17H18FNO2. The van der Waals surface area contributed by atoms with Gasteiger partial charge in [-0.1, -0.05) is 24.3 Å². The summed E-state index contributed by atoms with van der Waals surface area (Å²) in [5, 5.41) is 0. The topological polar surface area (TPSA) is 44.5 Å². The van der Waals surface area contributed by atoms with E-state index in [-0.39, 0.29) is 23.7 Å². The van der Waals surface area contributed by atoms with Gasteiger partial charge in [0.05, 0.1) is 0 Å². The third-order valence-corrected chi connectivity index (χ3v) is 3.62. The van der Waals surface area contributed by atoms with Crippen molar-refractivity contribution in [2.24, 2.45) is 5.73 Å². The predicted molar refractivity (Wildman–Crippen MR) is 79.1 cm³/mol. The van der Waals surface area contributed by atoms with Crippen molar-refractivity contribution in [2.45, 2.75) is 25.5 Å². The van der Waals surface area contributed by atoms with Crippen molar-refractivity contribution in [3.63, 3.8) is 0 Å². The maximum Gasteiger partial charge on any atom is 0.165 e. The van der Waals surface area contributed by atoms with Crippen molar-refractivity contribution < 1.29 is 13.9 Å². The van der Waals surface area contributed by atoms with E-state index >= 15 is 0 Å². The van der Waals surface area contributed by atoms with Gasteiger partial charge in [-0.3, -0.25) is 0 Å². The predicted octanol–water partition coefficient (Wildman–Crippen LogP) is 3.23. The smallest absolute Gasteiger partial charge is 0.165 e. The van der Waals surface area contributed by atoms with Crippen LogP contribution in [-0.4, -0.2) is 12.7 Å². The van der Waals surface area contributed by atoms with Crippen LogP contribution in [0.25, 0.3) is 0 Å². The summed E-state index contributed by atoms with van der Waals surface area (Å²) in [6.07, 6.45) is 0.713. The Morgan fingerprint density at radius 3 is 2.86 bits per heavy atom. The molecule has 0 radical (unpaired) electrons. The number of halogens is 1. The maximum absolute atomic E-state index is 13.9. The highest BCUT2D eigenvalue weighted by molar-refractivity contribution is 5.37. The molecule has 1 heterocycles. The first-order valence-corrected chi connectivity index (χ1v) is 7.06. The van der Waals surface area contributed by atoms with Crippen LogP contribution in [0.3, 0.4) is 0 Å². The van der Waals surface area contributed by atoms with Gasteiger partial charge in [0.25, 0.3) is 0 Å². The first-order valence-electron chi connectivity index (χ1n) is 7.06. The van der Waals surface area contributed by atoms with E-state index < -0.39 is 0 Å². The van der Waals surface area contributed by atoms with E-state index in [9.17, 15) is 4.39 Å². The van der Waals surface area contributed by atoms with Gasteiger partial charge in [-0.15, -0.1) is 0 Å². The van der Waals surface area contributed by atoms with Crippen molar-refractivity contribution in [1.82, 2.24) is 0 Å². The summed E-state index contributed by atoms with van der Waals surface area (Å²) in [6.45, 7) is 2.14. The lowest BCUT2D eigenvalue weighted by Gasteiger charge is -2.14. The minimum Gasteiger partial charge on any atom is -0.487 e. The molecule has 0 bridgehead atoms. The van der Waals surface area contributed by atoms with Gasteiger partial charge < -0.3 is 15.2 Å². The molecule has 2 N–H and O–H groups in total. The first-order chi connectivity index (χ1) is 10.1. The molecule has 1 aliphatic heterocycles. The SMILES string of the molecule is C[C@@H](N)c1ccc(OCC2Cc3ccccc3O2)c(F)c1. The Hall–Kier alpha value is -2.07. The van der Waals surface area contributed by atoms with E-state index in [1.807, 2.05) is 31.2 Å². The van der Waals surface area contributed by atoms with E-state index in [2.05, 4.69) is 0 Å². The van der Waals surface area contributed by atoms with Crippen LogP contribution in [0.4, 0.5) is 4.39 Å². The summed E-state index contributed by atoms with van der Waals surface area (Å²) in [7, 11) is 0. The van der Waals surface area contributed by atoms with Gasteiger partial charge in [-0.05, 0) is 36.2 Å². The molecule has 0 amide bonds. The molecule has 0 spiro atoms. The van der Waals surface area contributed by atoms with Crippen LogP contribution in [0.5, 0.6) is 11.5 Å². The molecule has 0 saturated carbocycles. The monoisotopic (exact) mass is 287 g/mol. The lowest BCUT2D eigenvalue weighted by atomic mass is 10.1. The summed E-state index contributed by atoms with van der Waals surface area (Å²) in [5.41, 5.74) is 7.65. The third-order valence-electron chi connectivity index (χ3n) is 3.62. The molecular weight excluding hydrogens is 269 g/mol. The minimum atomic E-state index is -0.389. The van der Waals surface area contributed by atoms with Gasteiger partial charge in [0.1, 0.15) is 18.5 Å². The summed E-state index contributed by atoms with van der Waals surface area (Å²) in [4.78, 5) is 0. The quantitative estimate of drug-likeness (QED) is 0.939. The fourth-order valence-electron chi connectivity index (χ4n) is 2.45. The van der Waals surface area contributed by atoms with Crippen molar-refractivity contribution in [3.05, 3.63) is 59.4 Å². The molecule has 2 aromatic carbocycles. The minimum absolute atomic E-state index is 0.0742. The van der Waals surface area contributed by atoms with Crippen molar-refractivity contribution in [1.29, 1.82) is 0 Å².